The van der Waals surface area contributed by atoms with Gasteiger partial charge in [-0.3, -0.25) is 9.20 Å². The number of halogens is 1. The molecule has 0 radical (unpaired) electrons. The van der Waals surface area contributed by atoms with E-state index >= 15 is 0 Å². The van der Waals surface area contributed by atoms with Crippen LogP contribution in [0.2, 0.25) is 0 Å². The van der Waals surface area contributed by atoms with Crippen LogP contribution in [0.25, 0.3) is 17.0 Å². The number of thioether (sulfide) groups is 1. The number of pyridine rings is 1. The van der Waals surface area contributed by atoms with Gasteiger partial charge in [-0.05, 0) is 54.8 Å². The average molecular weight is 441 g/mol. The lowest BCUT2D eigenvalue weighted by Gasteiger charge is -2.16. The van der Waals surface area contributed by atoms with Crippen molar-refractivity contribution >= 4 is 23.3 Å². The van der Waals surface area contributed by atoms with Crippen LogP contribution in [0.4, 0.5) is 4.39 Å². The van der Waals surface area contributed by atoms with Crippen LogP contribution in [0, 0.1) is 5.82 Å². The van der Waals surface area contributed by atoms with Crippen LogP contribution in [-0.4, -0.2) is 42.7 Å². The van der Waals surface area contributed by atoms with E-state index in [2.05, 4.69) is 25.7 Å². The van der Waals surface area contributed by atoms with Gasteiger partial charge in [-0.25, -0.2) is 4.39 Å². The van der Waals surface area contributed by atoms with Crippen LogP contribution in [0.15, 0.2) is 53.2 Å². The van der Waals surface area contributed by atoms with E-state index in [9.17, 15) is 9.18 Å². The fourth-order valence-electron chi connectivity index (χ4n) is 3.16. The number of carbonyl (C=O) groups is 1. The molecule has 160 valence electrons. The molecule has 0 bridgehead atoms. The molecule has 4 aromatic rings. The molecular formula is C21H21FN6O2S. The molecule has 1 N–H and O–H groups in total. The number of hydrogen-bond donors (Lipinski definition) is 1. The summed E-state index contributed by atoms with van der Waals surface area (Å²) in [6.07, 6.45) is 5.14. The number of nitrogens with one attached hydrogen (secondary N) is 1. The number of nitrogens with zero attached hydrogens (tertiary/aromatic N) is 5. The summed E-state index contributed by atoms with van der Waals surface area (Å²) in [6.45, 7) is 0. The summed E-state index contributed by atoms with van der Waals surface area (Å²) in [4.78, 5) is 16.9. The molecule has 3 heterocycles. The first-order valence-electron chi connectivity index (χ1n) is 9.80. The van der Waals surface area contributed by atoms with Gasteiger partial charge in [0.25, 0.3) is 0 Å². The fourth-order valence-corrected chi connectivity index (χ4v) is 3.63. The maximum absolute atomic E-state index is 13.1. The third-order valence-corrected chi connectivity index (χ3v) is 5.38. The molecule has 1 amide bonds. The Morgan fingerprint density at radius 1 is 1.23 bits per heavy atom. The Morgan fingerprint density at radius 3 is 2.87 bits per heavy atom. The van der Waals surface area contributed by atoms with Gasteiger partial charge in [0.05, 0.1) is 6.04 Å². The van der Waals surface area contributed by atoms with E-state index < -0.39 is 0 Å². The van der Waals surface area contributed by atoms with Crippen molar-refractivity contribution in [3.63, 3.8) is 0 Å². The average Bonchev–Trinajstić information content (AvgIpc) is 3.43. The highest BCUT2D eigenvalue weighted by atomic mass is 32.2. The van der Waals surface area contributed by atoms with Gasteiger partial charge in [0, 0.05) is 24.6 Å². The SMILES string of the molecule is CSCCC(NC(=O)CCc1nc(-c2ccc(F)cc2)no1)c1nnc2ccccn12. The minimum atomic E-state index is -0.333. The predicted molar refractivity (Wildman–Crippen MR) is 115 cm³/mol. The van der Waals surface area contributed by atoms with Crippen molar-refractivity contribution in [1.29, 1.82) is 0 Å². The zero-order valence-electron chi connectivity index (χ0n) is 16.9. The molecule has 8 nitrogen and oxygen atoms in total. The van der Waals surface area contributed by atoms with Crippen molar-refractivity contribution < 1.29 is 13.7 Å². The van der Waals surface area contributed by atoms with E-state index in [-0.39, 0.29) is 24.2 Å². The quantitative estimate of drug-likeness (QED) is 0.426. The first-order valence-corrected chi connectivity index (χ1v) is 11.2. The minimum absolute atomic E-state index is 0.139. The van der Waals surface area contributed by atoms with E-state index in [1.165, 1.54) is 12.1 Å². The predicted octanol–water partition coefficient (Wildman–Crippen LogP) is 3.46. The molecular weight excluding hydrogens is 419 g/mol. The van der Waals surface area contributed by atoms with Gasteiger partial charge in [-0.1, -0.05) is 11.2 Å². The summed E-state index contributed by atoms with van der Waals surface area (Å²) in [6, 6.07) is 11.2. The van der Waals surface area contributed by atoms with Crippen LogP contribution in [0.1, 0.15) is 30.6 Å². The van der Waals surface area contributed by atoms with E-state index in [1.807, 2.05) is 35.1 Å². The molecule has 1 unspecified atom stereocenters. The van der Waals surface area contributed by atoms with Gasteiger partial charge in [-0.15, -0.1) is 10.2 Å². The third kappa shape index (κ3) is 5.08. The Hall–Kier alpha value is -3.27. The highest BCUT2D eigenvalue weighted by Gasteiger charge is 2.20. The molecule has 0 saturated carbocycles. The molecule has 0 aliphatic heterocycles. The normalized spacial score (nSPS) is 12.2. The van der Waals surface area contributed by atoms with Gasteiger partial charge in [0.2, 0.25) is 17.6 Å². The summed E-state index contributed by atoms with van der Waals surface area (Å²) in [7, 11) is 0. The Morgan fingerprint density at radius 2 is 2.06 bits per heavy atom. The van der Waals surface area contributed by atoms with E-state index in [0.29, 0.717) is 29.5 Å². The zero-order valence-corrected chi connectivity index (χ0v) is 17.7. The zero-order chi connectivity index (χ0) is 21.6. The van der Waals surface area contributed by atoms with Gasteiger partial charge in [0.15, 0.2) is 11.5 Å². The number of hydrogen-bond acceptors (Lipinski definition) is 7. The van der Waals surface area contributed by atoms with Crippen LogP contribution >= 0.6 is 11.8 Å². The topological polar surface area (TPSA) is 98.2 Å². The van der Waals surface area contributed by atoms with Crippen molar-refractivity contribution in [1.82, 2.24) is 30.1 Å². The van der Waals surface area contributed by atoms with E-state index in [4.69, 9.17) is 4.52 Å². The van der Waals surface area contributed by atoms with Gasteiger partial charge < -0.3 is 9.84 Å². The monoisotopic (exact) mass is 440 g/mol. The molecule has 4 rings (SSSR count). The summed E-state index contributed by atoms with van der Waals surface area (Å²) in [5.74, 6) is 1.82. The Bertz CT molecular complexity index is 1160. The van der Waals surface area contributed by atoms with Crippen LogP contribution in [0.5, 0.6) is 0 Å². The number of aromatic nitrogens is 5. The molecule has 1 aromatic carbocycles. The maximum Gasteiger partial charge on any atom is 0.227 e. The van der Waals surface area contributed by atoms with Crippen LogP contribution in [0.3, 0.4) is 0 Å². The van der Waals surface area contributed by atoms with Crippen molar-refractivity contribution in [2.45, 2.75) is 25.3 Å². The van der Waals surface area contributed by atoms with Gasteiger partial charge >= 0.3 is 0 Å². The highest BCUT2D eigenvalue weighted by molar-refractivity contribution is 7.98. The van der Waals surface area contributed by atoms with Crippen molar-refractivity contribution in [3.8, 4) is 11.4 Å². The molecule has 0 spiro atoms. The number of fused-ring (bicyclic) bond motifs is 1. The maximum atomic E-state index is 13.1. The second kappa shape index (κ2) is 9.69. The standard InChI is InChI=1S/C21H21FN6O2S/c1-31-13-11-16(21-26-25-17-4-2-3-12-28(17)21)23-18(29)9-10-19-24-20(27-30-19)14-5-7-15(22)8-6-14/h2-8,12,16H,9-11,13H2,1H3,(H,23,29). The van der Waals surface area contributed by atoms with Crippen LogP contribution < -0.4 is 5.32 Å². The lowest BCUT2D eigenvalue weighted by atomic mass is 10.2. The Kier molecular flexibility index (Phi) is 6.56. The van der Waals surface area contributed by atoms with Gasteiger partial charge in [-0.2, -0.15) is 16.7 Å². The summed E-state index contributed by atoms with van der Waals surface area (Å²) in [5, 5.41) is 15.4. The molecule has 0 aliphatic carbocycles. The van der Waals surface area contributed by atoms with Gasteiger partial charge in [0.1, 0.15) is 5.82 Å². The molecule has 1 atom stereocenters. The highest BCUT2D eigenvalue weighted by Crippen LogP contribution is 2.19. The number of benzene rings is 1. The minimum Gasteiger partial charge on any atom is -0.346 e. The largest absolute Gasteiger partial charge is 0.346 e. The summed E-state index contributed by atoms with van der Waals surface area (Å²) >= 11 is 1.71. The molecule has 10 heteroatoms. The third-order valence-electron chi connectivity index (χ3n) is 4.73. The number of rotatable bonds is 9. The second-order valence-corrected chi connectivity index (χ2v) is 7.89. The molecule has 0 fully saturated rings. The lowest BCUT2D eigenvalue weighted by Crippen LogP contribution is -2.30. The lowest BCUT2D eigenvalue weighted by molar-refractivity contribution is -0.122. The Balaban J connectivity index is 1.40. The smallest absolute Gasteiger partial charge is 0.227 e. The number of carbonyl (C=O) groups excluding carboxylic acids is 1. The molecule has 3 aromatic heterocycles. The summed E-state index contributed by atoms with van der Waals surface area (Å²) < 4.78 is 20.2. The van der Waals surface area contributed by atoms with E-state index in [0.717, 1.165) is 17.8 Å². The summed E-state index contributed by atoms with van der Waals surface area (Å²) in [5.41, 5.74) is 1.39. The first-order chi connectivity index (χ1) is 15.1. The van der Waals surface area contributed by atoms with Crippen LogP contribution in [-0.2, 0) is 11.2 Å². The Labute approximate surface area is 182 Å². The molecule has 31 heavy (non-hydrogen) atoms. The fraction of sp³-hybridized carbons (Fsp3) is 0.286. The van der Waals surface area contributed by atoms with E-state index in [1.54, 1.807) is 23.9 Å². The van der Waals surface area contributed by atoms with Crippen molar-refractivity contribution in [2.75, 3.05) is 12.0 Å². The van der Waals surface area contributed by atoms with Crippen molar-refractivity contribution in [3.05, 3.63) is 66.2 Å². The number of amides is 1. The second-order valence-electron chi connectivity index (χ2n) is 6.91. The number of aryl methyl sites for hydroxylation is 1. The molecule has 0 aliphatic rings. The van der Waals surface area contributed by atoms with Crippen molar-refractivity contribution in [2.24, 2.45) is 0 Å². The first kappa shape index (κ1) is 21.0. The molecule has 0 saturated heterocycles.